The van der Waals surface area contributed by atoms with Crippen LogP contribution in [0.1, 0.15) is 30.4 Å². The van der Waals surface area contributed by atoms with E-state index in [-0.39, 0.29) is 25.0 Å². The van der Waals surface area contributed by atoms with Gasteiger partial charge < -0.3 is 10.2 Å². The molecule has 0 saturated heterocycles. The summed E-state index contributed by atoms with van der Waals surface area (Å²) in [6.07, 6.45) is 1.29. The van der Waals surface area contributed by atoms with Crippen LogP contribution in [0.2, 0.25) is 0 Å². The van der Waals surface area contributed by atoms with Gasteiger partial charge in [-0.25, -0.2) is 17.6 Å². The van der Waals surface area contributed by atoms with Gasteiger partial charge in [-0.1, -0.05) is 12.1 Å². The number of phenolic OH excluding ortho intramolecular Hbond substituents is 1. The average molecular weight is 434 g/mol. The van der Waals surface area contributed by atoms with Gasteiger partial charge in [0.1, 0.15) is 23.9 Å². The summed E-state index contributed by atoms with van der Waals surface area (Å²) in [6, 6.07) is 8.52. The van der Waals surface area contributed by atoms with Crippen molar-refractivity contribution < 1.29 is 27.8 Å². The third-order valence-electron chi connectivity index (χ3n) is 6.83. The second-order valence-corrected chi connectivity index (χ2v) is 8.66. The van der Waals surface area contributed by atoms with E-state index in [9.17, 15) is 19.0 Å². The summed E-state index contributed by atoms with van der Waals surface area (Å²) in [6.45, 7) is -0.851. The van der Waals surface area contributed by atoms with Gasteiger partial charge in [-0.3, -0.25) is 0 Å². The van der Waals surface area contributed by atoms with Crippen LogP contribution in [0.4, 0.5) is 17.6 Å². The fraction of sp³-hybridized carbons (Fsp3) is 0.381. The van der Waals surface area contributed by atoms with E-state index in [0.29, 0.717) is 6.07 Å². The van der Waals surface area contributed by atoms with Crippen molar-refractivity contribution in [3.05, 3.63) is 71.6 Å². The number of rotatable bonds is 6. The number of aromatic hydroxyl groups is 1. The summed E-state index contributed by atoms with van der Waals surface area (Å²) in [4.78, 5) is 0.762. The van der Waals surface area contributed by atoms with Gasteiger partial charge >= 0.3 is 0 Å². The molecule has 0 radical (unpaired) electrons. The third kappa shape index (κ3) is 2.63. The predicted molar refractivity (Wildman–Crippen MR) is 99.1 cm³/mol. The Kier molecular flexibility index (Phi) is 4.02. The summed E-state index contributed by atoms with van der Waals surface area (Å²) in [5.41, 5.74) is -4.93. The van der Waals surface area contributed by atoms with Gasteiger partial charge in [0.05, 0.1) is 0 Å². The summed E-state index contributed by atoms with van der Waals surface area (Å²) in [5.74, 6) is -5.91. The van der Waals surface area contributed by atoms with Crippen molar-refractivity contribution >= 4 is 0 Å². The van der Waals surface area contributed by atoms with E-state index in [1.807, 2.05) is 0 Å². The fourth-order valence-electron chi connectivity index (χ4n) is 5.32. The summed E-state index contributed by atoms with van der Waals surface area (Å²) in [5, 5.41) is 31.4. The van der Waals surface area contributed by atoms with Crippen molar-refractivity contribution in [1.29, 1.82) is 0 Å². The second-order valence-electron chi connectivity index (χ2n) is 8.66. The SMILES string of the molecule is Oc1ccc(C23CC(C(F)(F)C(O)(Cn4ncnn4)c4ccc(F)cc4F)(C2)C3)cc1. The Morgan fingerprint density at radius 3 is 2.29 bits per heavy atom. The molecule has 0 spiro atoms. The second kappa shape index (κ2) is 6.25. The topological polar surface area (TPSA) is 84.1 Å². The van der Waals surface area contributed by atoms with E-state index >= 15 is 8.78 Å². The summed E-state index contributed by atoms with van der Waals surface area (Å²) < 4.78 is 60.0. The van der Waals surface area contributed by atoms with Gasteiger partial charge in [-0.15, -0.1) is 10.2 Å². The average Bonchev–Trinajstić information content (AvgIpc) is 3.13. The smallest absolute Gasteiger partial charge is 0.287 e. The molecule has 1 unspecified atom stereocenters. The first-order valence-electron chi connectivity index (χ1n) is 9.67. The van der Waals surface area contributed by atoms with Gasteiger partial charge in [-0.05, 0) is 59.7 Å². The number of tetrazole rings is 1. The molecule has 6 rings (SSSR count). The molecule has 10 heteroatoms. The Bertz CT molecular complexity index is 1120. The zero-order valence-electron chi connectivity index (χ0n) is 16.1. The van der Waals surface area contributed by atoms with E-state index in [1.165, 1.54) is 12.1 Å². The van der Waals surface area contributed by atoms with Crippen molar-refractivity contribution in [1.82, 2.24) is 20.2 Å². The van der Waals surface area contributed by atoms with Crippen LogP contribution in [-0.2, 0) is 17.6 Å². The molecule has 3 aliphatic carbocycles. The van der Waals surface area contributed by atoms with Gasteiger partial charge in [0.15, 0.2) is 11.9 Å². The van der Waals surface area contributed by atoms with Crippen LogP contribution >= 0.6 is 0 Å². The minimum Gasteiger partial charge on any atom is -0.508 e. The molecular weight excluding hydrogens is 416 g/mol. The van der Waals surface area contributed by atoms with E-state index in [2.05, 4.69) is 15.4 Å². The molecule has 3 saturated carbocycles. The zero-order chi connectivity index (χ0) is 22.1. The van der Waals surface area contributed by atoms with Crippen molar-refractivity contribution in [2.24, 2.45) is 5.41 Å². The number of alkyl halides is 2. The minimum atomic E-state index is -3.77. The first-order chi connectivity index (χ1) is 14.6. The molecule has 2 aromatic carbocycles. The molecule has 3 aliphatic rings. The number of nitrogens with zero attached hydrogens (tertiary/aromatic N) is 4. The molecule has 2 bridgehead atoms. The van der Waals surface area contributed by atoms with E-state index in [4.69, 9.17) is 0 Å². The number of hydrogen-bond acceptors (Lipinski definition) is 5. The van der Waals surface area contributed by atoms with Crippen LogP contribution in [0.3, 0.4) is 0 Å². The number of aromatic nitrogens is 4. The maximum Gasteiger partial charge on any atom is 0.287 e. The lowest BCUT2D eigenvalue weighted by atomic mass is 9.30. The number of phenols is 1. The fourth-order valence-corrected chi connectivity index (χ4v) is 5.32. The molecule has 1 atom stereocenters. The summed E-state index contributed by atoms with van der Waals surface area (Å²) in [7, 11) is 0. The highest BCUT2D eigenvalue weighted by Crippen LogP contribution is 2.80. The maximum absolute atomic E-state index is 16.0. The highest BCUT2D eigenvalue weighted by Gasteiger charge is 2.82. The molecule has 2 N–H and O–H groups in total. The predicted octanol–water partition coefficient (Wildman–Crippen LogP) is 3.30. The summed E-state index contributed by atoms with van der Waals surface area (Å²) >= 11 is 0. The van der Waals surface area contributed by atoms with Gasteiger partial charge in [0.25, 0.3) is 5.92 Å². The van der Waals surface area contributed by atoms with Gasteiger partial charge in [-0.2, -0.15) is 4.80 Å². The zero-order valence-corrected chi connectivity index (χ0v) is 16.1. The van der Waals surface area contributed by atoms with Crippen LogP contribution < -0.4 is 0 Å². The maximum atomic E-state index is 16.0. The normalized spacial score (nSPS) is 26.6. The molecule has 31 heavy (non-hydrogen) atoms. The van der Waals surface area contributed by atoms with Crippen molar-refractivity contribution in [2.45, 2.75) is 42.7 Å². The van der Waals surface area contributed by atoms with Crippen LogP contribution in [0, 0.1) is 17.0 Å². The Morgan fingerprint density at radius 2 is 1.71 bits per heavy atom. The van der Waals surface area contributed by atoms with Crippen LogP contribution in [0.15, 0.2) is 48.8 Å². The Hall–Kier alpha value is -3.01. The number of aliphatic hydroxyl groups is 1. The Balaban J connectivity index is 1.52. The molecule has 3 fully saturated rings. The monoisotopic (exact) mass is 434 g/mol. The highest BCUT2D eigenvalue weighted by atomic mass is 19.3. The lowest BCUT2D eigenvalue weighted by Gasteiger charge is -2.74. The lowest BCUT2D eigenvalue weighted by molar-refractivity contribution is -0.348. The number of halogens is 4. The Labute approximate surface area is 174 Å². The number of hydrogen-bond donors (Lipinski definition) is 2. The lowest BCUT2D eigenvalue weighted by Crippen LogP contribution is -2.76. The molecule has 162 valence electrons. The molecular formula is C21H18F4N4O2. The van der Waals surface area contributed by atoms with Crippen LogP contribution in [0.5, 0.6) is 5.75 Å². The van der Waals surface area contributed by atoms with E-state index in [0.717, 1.165) is 28.8 Å². The molecule has 3 aromatic rings. The van der Waals surface area contributed by atoms with Crippen LogP contribution in [0.25, 0.3) is 0 Å². The largest absolute Gasteiger partial charge is 0.508 e. The first kappa shape index (κ1) is 19.9. The minimum absolute atomic E-state index is 0.0804. The molecule has 0 amide bonds. The third-order valence-corrected chi connectivity index (χ3v) is 6.83. The molecule has 1 heterocycles. The van der Waals surface area contributed by atoms with Crippen molar-refractivity contribution in [3.63, 3.8) is 0 Å². The highest BCUT2D eigenvalue weighted by molar-refractivity contribution is 5.44. The molecule has 6 nitrogen and oxygen atoms in total. The first-order valence-corrected chi connectivity index (χ1v) is 9.67. The standard InChI is InChI=1S/C21H18F4N4O2/c22-14-3-6-16(17(23)7-14)20(31,11-29-27-12-26-28-29)21(24,25)19-8-18(9-19,10-19)13-1-4-15(30)5-2-13/h1-7,12,30-31H,8-11H2. The molecule has 1 aromatic heterocycles. The van der Waals surface area contributed by atoms with Crippen molar-refractivity contribution in [2.75, 3.05) is 0 Å². The quantitative estimate of drug-likeness (QED) is 0.582. The van der Waals surface area contributed by atoms with Gasteiger partial charge in [0.2, 0.25) is 0 Å². The Morgan fingerprint density at radius 1 is 1.03 bits per heavy atom. The van der Waals surface area contributed by atoms with E-state index < -0.39 is 46.1 Å². The molecule has 0 aliphatic heterocycles. The van der Waals surface area contributed by atoms with Gasteiger partial charge in [0, 0.05) is 17.0 Å². The van der Waals surface area contributed by atoms with E-state index in [1.54, 1.807) is 12.1 Å². The number of benzene rings is 2. The van der Waals surface area contributed by atoms with Crippen molar-refractivity contribution in [3.8, 4) is 5.75 Å². The van der Waals surface area contributed by atoms with Crippen LogP contribution in [-0.4, -0.2) is 36.3 Å².